The Balaban J connectivity index is 1.33. The van der Waals surface area contributed by atoms with Crippen molar-refractivity contribution in [1.29, 1.82) is 0 Å². The Morgan fingerprint density at radius 3 is 2.54 bits per heavy atom. The van der Waals surface area contributed by atoms with E-state index in [1.165, 1.54) is 18.4 Å². The normalized spacial score (nSPS) is 20.1. The maximum Gasteiger partial charge on any atom is 0.232 e. The van der Waals surface area contributed by atoms with Crippen molar-refractivity contribution >= 4 is 17.7 Å². The van der Waals surface area contributed by atoms with Crippen LogP contribution in [0.25, 0.3) is 0 Å². The average molecular weight is 348 g/mol. The third-order valence-electron chi connectivity index (χ3n) is 5.28. The van der Waals surface area contributed by atoms with Crippen LogP contribution >= 0.6 is 11.8 Å². The number of carbonyl (C=O) groups is 1. The molecule has 3 rings (SSSR count). The van der Waals surface area contributed by atoms with Gasteiger partial charge in [-0.2, -0.15) is 11.8 Å². The van der Waals surface area contributed by atoms with E-state index in [9.17, 15) is 9.90 Å². The zero-order chi connectivity index (χ0) is 16.8. The minimum absolute atomic E-state index is 0.244. The van der Waals surface area contributed by atoms with Gasteiger partial charge in [-0.15, -0.1) is 0 Å². The van der Waals surface area contributed by atoms with Crippen molar-refractivity contribution in [3.63, 3.8) is 0 Å². The van der Waals surface area contributed by atoms with Gasteiger partial charge in [0, 0.05) is 13.1 Å². The van der Waals surface area contributed by atoms with Crippen molar-refractivity contribution in [2.24, 2.45) is 11.8 Å². The van der Waals surface area contributed by atoms with Gasteiger partial charge >= 0.3 is 0 Å². The van der Waals surface area contributed by atoms with Crippen LogP contribution in [-0.2, 0) is 11.2 Å². The molecule has 1 aliphatic carbocycles. The second-order valence-electron chi connectivity index (χ2n) is 7.27. The van der Waals surface area contributed by atoms with E-state index in [1.54, 1.807) is 11.8 Å². The Morgan fingerprint density at radius 2 is 1.88 bits per heavy atom. The van der Waals surface area contributed by atoms with Crippen molar-refractivity contribution < 1.29 is 9.90 Å². The van der Waals surface area contributed by atoms with Crippen molar-refractivity contribution in [2.45, 2.75) is 44.6 Å². The zero-order valence-corrected chi connectivity index (χ0v) is 15.2. The summed E-state index contributed by atoms with van der Waals surface area (Å²) in [6.07, 6.45) is 6.09. The van der Waals surface area contributed by atoms with Gasteiger partial charge in [0.05, 0.1) is 11.9 Å². The van der Waals surface area contributed by atoms with Crippen LogP contribution in [0, 0.1) is 11.8 Å². The van der Waals surface area contributed by atoms with Gasteiger partial charge in [-0.05, 0) is 61.7 Å². The maximum atomic E-state index is 12.2. The molecule has 1 atom stereocenters. The Morgan fingerprint density at radius 1 is 1.17 bits per heavy atom. The molecule has 3 nitrogen and oxygen atoms in total. The number of rotatable bonds is 8. The molecule has 1 saturated heterocycles. The molecule has 0 bridgehead atoms. The summed E-state index contributed by atoms with van der Waals surface area (Å²) >= 11 is 1.80. The number of hydrogen-bond donors (Lipinski definition) is 1. The van der Waals surface area contributed by atoms with E-state index in [1.807, 2.05) is 23.1 Å². The molecule has 2 aliphatic rings. The van der Waals surface area contributed by atoms with Crippen LogP contribution in [0.5, 0.6) is 0 Å². The van der Waals surface area contributed by atoms with E-state index >= 15 is 0 Å². The predicted molar refractivity (Wildman–Crippen MR) is 100 cm³/mol. The van der Waals surface area contributed by atoms with Gasteiger partial charge in [0.25, 0.3) is 0 Å². The summed E-state index contributed by atoms with van der Waals surface area (Å²) in [6, 6.07) is 10.4. The van der Waals surface area contributed by atoms with Crippen LogP contribution in [-0.4, -0.2) is 46.6 Å². The minimum Gasteiger partial charge on any atom is -0.393 e. The molecule has 4 heteroatoms. The Bertz CT molecular complexity index is 510. The zero-order valence-electron chi connectivity index (χ0n) is 14.4. The molecular formula is C20H29NO2S. The first-order chi connectivity index (χ1) is 11.7. The summed E-state index contributed by atoms with van der Waals surface area (Å²) in [6.45, 7) is 1.63. The number of aliphatic hydroxyl groups is 1. The predicted octanol–water partition coefficient (Wildman–Crippen LogP) is 3.36. The lowest BCUT2D eigenvalue weighted by Gasteiger charge is -2.34. The van der Waals surface area contributed by atoms with Crippen molar-refractivity contribution in [3.8, 4) is 0 Å². The van der Waals surface area contributed by atoms with E-state index in [-0.39, 0.29) is 12.0 Å². The first kappa shape index (κ1) is 17.8. The fourth-order valence-electron chi connectivity index (χ4n) is 3.42. The largest absolute Gasteiger partial charge is 0.393 e. The van der Waals surface area contributed by atoms with Gasteiger partial charge in [0.15, 0.2) is 0 Å². The molecule has 1 amide bonds. The molecule has 1 heterocycles. The average Bonchev–Trinajstić information content (AvgIpc) is 3.45. The van der Waals surface area contributed by atoms with Gasteiger partial charge in [-0.1, -0.05) is 30.3 Å². The van der Waals surface area contributed by atoms with Gasteiger partial charge in [0.1, 0.15) is 0 Å². The Labute approximate surface area is 149 Å². The second-order valence-corrected chi connectivity index (χ2v) is 8.30. The molecule has 1 aromatic carbocycles. The van der Waals surface area contributed by atoms with E-state index < -0.39 is 0 Å². The number of hydrogen-bond acceptors (Lipinski definition) is 3. The summed E-state index contributed by atoms with van der Waals surface area (Å²) < 4.78 is 0. The van der Waals surface area contributed by atoms with Crippen molar-refractivity contribution in [2.75, 3.05) is 24.6 Å². The SMILES string of the molecule is O=C(CSCC1CC1)N1CCC([C@H](O)CCc2ccccc2)CC1. The van der Waals surface area contributed by atoms with Crippen LogP contribution in [0.4, 0.5) is 0 Å². The number of nitrogens with zero attached hydrogens (tertiary/aromatic N) is 1. The summed E-state index contributed by atoms with van der Waals surface area (Å²) in [5, 5.41) is 10.5. The molecule has 1 saturated carbocycles. The topological polar surface area (TPSA) is 40.5 Å². The van der Waals surface area contributed by atoms with Gasteiger partial charge in [0.2, 0.25) is 5.91 Å². The summed E-state index contributed by atoms with van der Waals surface area (Å²) in [5.41, 5.74) is 1.29. The third-order valence-corrected chi connectivity index (χ3v) is 6.44. The highest BCUT2D eigenvalue weighted by molar-refractivity contribution is 7.99. The first-order valence-electron chi connectivity index (χ1n) is 9.30. The number of aryl methyl sites for hydroxylation is 1. The Kier molecular flexibility index (Phi) is 6.61. The quantitative estimate of drug-likeness (QED) is 0.784. The van der Waals surface area contributed by atoms with Crippen molar-refractivity contribution in [3.05, 3.63) is 35.9 Å². The van der Waals surface area contributed by atoms with Crippen LogP contribution in [0.1, 0.15) is 37.7 Å². The smallest absolute Gasteiger partial charge is 0.232 e. The lowest BCUT2D eigenvalue weighted by Crippen LogP contribution is -2.42. The molecule has 24 heavy (non-hydrogen) atoms. The number of aliphatic hydroxyl groups excluding tert-OH is 1. The molecule has 132 valence electrons. The highest BCUT2D eigenvalue weighted by Gasteiger charge is 2.27. The highest BCUT2D eigenvalue weighted by Crippen LogP contribution is 2.32. The van der Waals surface area contributed by atoms with Gasteiger partial charge in [-0.3, -0.25) is 4.79 Å². The van der Waals surface area contributed by atoms with E-state index in [0.717, 1.165) is 50.4 Å². The Hall–Kier alpha value is -1.00. The molecule has 0 radical (unpaired) electrons. The molecule has 1 N–H and O–H groups in total. The van der Waals surface area contributed by atoms with E-state index in [0.29, 0.717) is 11.7 Å². The molecule has 1 aromatic rings. The number of likely N-dealkylation sites (tertiary alicyclic amines) is 1. The molecule has 0 aromatic heterocycles. The second kappa shape index (κ2) is 8.91. The van der Waals surface area contributed by atoms with Gasteiger partial charge < -0.3 is 10.0 Å². The third kappa shape index (κ3) is 5.52. The fourth-order valence-corrected chi connectivity index (χ4v) is 4.56. The summed E-state index contributed by atoms with van der Waals surface area (Å²) in [4.78, 5) is 14.2. The van der Waals surface area contributed by atoms with E-state index in [2.05, 4.69) is 12.1 Å². The van der Waals surface area contributed by atoms with Crippen LogP contribution in [0.3, 0.4) is 0 Å². The lowest BCUT2D eigenvalue weighted by molar-refractivity contribution is -0.130. The van der Waals surface area contributed by atoms with Gasteiger partial charge in [-0.25, -0.2) is 0 Å². The van der Waals surface area contributed by atoms with E-state index in [4.69, 9.17) is 0 Å². The number of amides is 1. The number of benzene rings is 1. The first-order valence-corrected chi connectivity index (χ1v) is 10.5. The monoisotopic (exact) mass is 347 g/mol. The fraction of sp³-hybridized carbons (Fsp3) is 0.650. The number of thioether (sulfide) groups is 1. The lowest BCUT2D eigenvalue weighted by atomic mass is 9.88. The molecule has 2 fully saturated rings. The molecule has 1 aliphatic heterocycles. The molecule has 0 unspecified atom stereocenters. The standard InChI is InChI=1S/C20H29NO2S/c22-19(9-8-16-4-2-1-3-5-16)18-10-12-21(13-11-18)20(23)15-24-14-17-6-7-17/h1-5,17-19,22H,6-15H2/t19-/m1/s1. The number of carbonyl (C=O) groups excluding carboxylic acids is 1. The van der Waals surface area contributed by atoms with Crippen LogP contribution in [0.15, 0.2) is 30.3 Å². The molecular weight excluding hydrogens is 318 g/mol. The maximum absolute atomic E-state index is 12.2. The summed E-state index contributed by atoms with van der Waals surface area (Å²) in [5.74, 6) is 3.31. The van der Waals surface area contributed by atoms with Crippen LogP contribution < -0.4 is 0 Å². The molecule has 0 spiro atoms. The van der Waals surface area contributed by atoms with Crippen LogP contribution in [0.2, 0.25) is 0 Å². The number of piperidine rings is 1. The summed E-state index contributed by atoms with van der Waals surface area (Å²) in [7, 11) is 0. The highest BCUT2D eigenvalue weighted by atomic mass is 32.2. The minimum atomic E-state index is -0.244. The van der Waals surface area contributed by atoms with Crippen molar-refractivity contribution in [1.82, 2.24) is 4.90 Å².